The van der Waals surface area contributed by atoms with E-state index in [2.05, 4.69) is 10.3 Å². The Balaban J connectivity index is 3.21. The summed E-state index contributed by atoms with van der Waals surface area (Å²) in [5.74, 6) is 0. The van der Waals surface area contributed by atoms with Gasteiger partial charge < -0.3 is 0 Å². The van der Waals surface area contributed by atoms with Gasteiger partial charge in [0, 0.05) is 6.54 Å². The molecule has 0 aliphatic heterocycles. The zero-order valence-electron chi connectivity index (χ0n) is 8.73. The summed E-state index contributed by atoms with van der Waals surface area (Å²) in [6.45, 7) is 1.46. The monoisotopic (exact) mass is 261 g/mol. The lowest BCUT2D eigenvalue weighted by Gasteiger charge is -2.11. The summed E-state index contributed by atoms with van der Waals surface area (Å²) in [6, 6.07) is 0. The molecule has 98 valence electrons. The van der Waals surface area contributed by atoms with Gasteiger partial charge in [0.2, 0.25) is 0 Å². The molecule has 0 radical (unpaired) electrons. The smallest absolute Gasteiger partial charge is 0.240 e. The number of aromatic nitrogens is 3. The van der Waals surface area contributed by atoms with E-state index in [1.54, 1.807) is 6.92 Å². The molecule has 1 aromatic rings. The first kappa shape index (κ1) is 13.8. The molecule has 0 bridgehead atoms. The highest BCUT2D eigenvalue weighted by molar-refractivity contribution is 5.17. The van der Waals surface area contributed by atoms with Crippen LogP contribution in [0.3, 0.4) is 0 Å². The Morgan fingerprint density at radius 2 is 1.65 bits per heavy atom. The molecule has 0 unspecified atom stereocenters. The van der Waals surface area contributed by atoms with Crippen molar-refractivity contribution in [2.24, 2.45) is 0 Å². The van der Waals surface area contributed by atoms with Gasteiger partial charge in [-0.2, -0.15) is 26.3 Å². The minimum atomic E-state index is -5.16. The zero-order valence-corrected chi connectivity index (χ0v) is 8.73. The lowest BCUT2D eigenvalue weighted by atomic mass is 10.3. The van der Waals surface area contributed by atoms with E-state index in [-0.39, 0.29) is 11.2 Å². The Morgan fingerprint density at radius 1 is 1.06 bits per heavy atom. The highest BCUT2D eigenvalue weighted by atomic mass is 19.4. The third-order valence-corrected chi connectivity index (χ3v) is 2.00. The van der Waals surface area contributed by atoms with E-state index in [1.165, 1.54) is 0 Å². The van der Waals surface area contributed by atoms with Crippen molar-refractivity contribution in [1.82, 2.24) is 15.0 Å². The predicted molar refractivity (Wildman–Crippen MR) is 44.9 cm³/mol. The lowest BCUT2D eigenvalue weighted by Crippen LogP contribution is -2.20. The Bertz CT molecular complexity index is 378. The van der Waals surface area contributed by atoms with Crippen LogP contribution >= 0.6 is 0 Å². The van der Waals surface area contributed by atoms with E-state index in [1.807, 2.05) is 0 Å². The molecule has 0 aliphatic carbocycles. The molecule has 1 heterocycles. The number of hydrogen-bond acceptors (Lipinski definition) is 2. The molecule has 3 nitrogen and oxygen atoms in total. The van der Waals surface area contributed by atoms with Gasteiger partial charge in [-0.25, -0.2) is 4.68 Å². The number of alkyl halides is 6. The highest BCUT2D eigenvalue weighted by Gasteiger charge is 2.48. The molecule has 0 fully saturated rings. The average molecular weight is 261 g/mol. The van der Waals surface area contributed by atoms with Gasteiger partial charge in [0.1, 0.15) is 0 Å². The molecular weight excluding hydrogens is 252 g/mol. The fourth-order valence-electron chi connectivity index (χ4n) is 1.25. The second-order valence-corrected chi connectivity index (χ2v) is 3.36. The third kappa shape index (κ3) is 3.10. The van der Waals surface area contributed by atoms with E-state index >= 15 is 0 Å². The Morgan fingerprint density at radius 3 is 2.06 bits per heavy atom. The second-order valence-electron chi connectivity index (χ2n) is 3.36. The van der Waals surface area contributed by atoms with Gasteiger partial charge in [0.05, 0.1) is 0 Å². The standard InChI is InChI=1S/C8H9F6N3/c1-2-3-4-17-6(8(12,13)14)5(15-16-17)7(9,10)11/h2-4H2,1H3. The van der Waals surface area contributed by atoms with E-state index < -0.39 is 23.7 Å². The first-order valence-electron chi connectivity index (χ1n) is 4.75. The van der Waals surface area contributed by atoms with Crippen LogP contribution in [0.15, 0.2) is 0 Å². The lowest BCUT2D eigenvalue weighted by molar-refractivity contribution is -0.167. The molecule has 9 heteroatoms. The largest absolute Gasteiger partial charge is 0.437 e. The van der Waals surface area contributed by atoms with E-state index in [0.717, 1.165) is 0 Å². The van der Waals surface area contributed by atoms with Gasteiger partial charge in [0.25, 0.3) is 0 Å². The van der Waals surface area contributed by atoms with Gasteiger partial charge in [0.15, 0.2) is 11.4 Å². The summed E-state index contributed by atoms with van der Waals surface area (Å²) in [5, 5.41) is 5.49. The second kappa shape index (κ2) is 4.53. The SMILES string of the molecule is CCCCn1nnc(C(F)(F)F)c1C(F)(F)F. The molecule has 17 heavy (non-hydrogen) atoms. The Kier molecular flexibility index (Phi) is 3.68. The molecule has 1 aromatic heterocycles. The van der Waals surface area contributed by atoms with Crippen LogP contribution in [0.25, 0.3) is 0 Å². The zero-order chi connectivity index (χ0) is 13.3. The highest BCUT2D eigenvalue weighted by Crippen LogP contribution is 2.38. The van der Waals surface area contributed by atoms with Gasteiger partial charge in [-0.05, 0) is 6.42 Å². The molecule has 0 atom stereocenters. The van der Waals surface area contributed by atoms with Gasteiger partial charge in [-0.1, -0.05) is 18.6 Å². The van der Waals surface area contributed by atoms with E-state index in [9.17, 15) is 26.3 Å². The van der Waals surface area contributed by atoms with Crippen molar-refractivity contribution in [3.8, 4) is 0 Å². The number of unbranched alkanes of at least 4 members (excludes halogenated alkanes) is 1. The van der Waals surface area contributed by atoms with Crippen LogP contribution in [0.5, 0.6) is 0 Å². The van der Waals surface area contributed by atoms with Gasteiger partial charge in [-0.3, -0.25) is 0 Å². The number of halogens is 6. The Hall–Kier alpha value is -1.28. The first-order chi connectivity index (χ1) is 7.68. The van der Waals surface area contributed by atoms with Crippen molar-refractivity contribution < 1.29 is 26.3 Å². The molecule has 1 rings (SSSR count). The Labute approximate surface area is 92.4 Å². The molecule has 0 aromatic carbocycles. The fraction of sp³-hybridized carbons (Fsp3) is 0.750. The van der Waals surface area contributed by atoms with Crippen LogP contribution in [0.2, 0.25) is 0 Å². The molecule has 0 aliphatic rings. The number of hydrogen-bond donors (Lipinski definition) is 0. The number of nitrogens with zero attached hydrogens (tertiary/aromatic N) is 3. The summed E-state index contributed by atoms with van der Waals surface area (Å²) in [4.78, 5) is 0. The molecule has 0 saturated heterocycles. The maximum atomic E-state index is 12.5. The van der Waals surface area contributed by atoms with Crippen molar-refractivity contribution in [1.29, 1.82) is 0 Å². The van der Waals surface area contributed by atoms with Crippen LogP contribution in [-0.2, 0) is 18.9 Å². The van der Waals surface area contributed by atoms with Crippen molar-refractivity contribution in [2.45, 2.75) is 38.7 Å². The molecule has 0 N–H and O–H groups in total. The van der Waals surface area contributed by atoms with Crippen LogP contribution in [0, 0.1) is 0 Å². The molecular formula is C8H9F6N3. The van der Waals surface area contributed by atoms with Gasteiger partial charge >= 0.3 is 12.4 Å². The van der Waals surface area contributed by atoms with E-state index in [4.69, 9.17) is 0 Å². The van der Waals surface area contributed by atoms with Crippen LogP contribution in [0.4, 0.5) is 26.3 Å². The van der Waals surface area contributed by atoms with Crippen molar-refractivity contribution in [3.63, 3.8) is 0 Å². The van der Waals surface area contributed by atoms with E-state index in [0.29, 0.717) is 12.8 Å². The topological polar surface area (TPSA) is 30.7 Å². The average Bonchev–Trinajstić information content (AvgIpc) is 2.56. The van der Waals surface area contributed by atoms with Crippen molar-refractivity contribution in [3.05, 3.63) is 11.4 Å². The molecule has 0 spiro atoms. The van der Waals surface area contributed by atoms with Gasteiger partial charge in [-0.15, -0.1) is 5.10 Å². The minimum Gasteiger partial charge on any atom is -0.240 e. The summed E-state index contributed by atoms with van der Waals surface area (Å²) >= 11 is 0. The predicted octanol–water partition coefficient (Wildman–Crippen LogP) is 3.12. The first-order valence-corrected chi connectivity index (χ1v) is 4.75. The quantitative estimate of drug-likeness (QED) is 0.783. The van der Waals surface area contributed by atoms with Crippen LogP contribution in [-0.4, -0.2) is 15.0 Å². The normalized spacial score (nSPS) is 13.1. The summed E-state index contributed by atoms with van der Waals surface area (Å²) in [5.41, 5.74) is -3.82. The third-order valence-electron chi connectivity index (χ3n) is 2.00. The summed E-state index contributed by atoms with van der Waals surface area (Å²) in [6.07, 6.45) is -9.44. The molecule has 0 amide bonds. The summed E-state index contributed by atoms with van der Waals surface area (Å²) in [7, 11) is 0. The minimum absolute atomic E-state index is 0.242. The number of rotatable bonds is 3. The summed E-state index contributed by atoms with van der Waals surface area (Å²) < 4.78 is 74.6. The van der Waals surface area contributed by atoms with Crippen LogP contribution < -0.4 is 0 Å². The van der Waals surface area contributed by atoms with Crippen molar-refractivity contribution in [2.75, 3.05) is 0 Å². The van der Waals surface area contributed by atoms with Crippen LogP contribution in [0.1, 0.15) is 31.2 Å². The number of aryl methyl sites for hydroxylation is 1. The fourth-order valence-corrected chi connectivity index (χ4v) is 1.25. The van der Waals surface area contributed by atoms with Crippen molar-refractivity contribution >= 4 is 0 Å². The maximum Gasteiger partial charge on any atom is 0.437 e. The molecule has 0 saturated carbocycles. The maximum absolute atomic E-state index is 12.5.